The molecule has 0 heterocycles. The van der Waals surface area contributed by atoms with Gasteiger partial charge in [0.15, 0.2) is 12.6 Å². The Kier molecular flexibility index (Phi) is 10.2. The molecule has 0 saturated carbocycles. The average Bonchev–Trinajstić information content (AvgIpc) is 2.59. The number of carbonyl (C=O) groups excluding carboxylic acids is 1. The zero-order valence-electron chi connectivity index (χ0n) is 16.5. The van der Waals surface area contributed by atoms with E-state index in [1.54, 1.807) is 7.05 Å². The highest BCUT2D eigenvalue weighted by molar-refractivity contribution is 5.79. The van der Waals surface area contributed by atoms with E-state index >= 15 is 0 Å². The predicted molar refractivity (Wildman–Crippen MR) is 107 cm³/mol. The van der Waals surface area contributed by atoms with E-state index in [4.69, 9.17) is 10.5 Å². The summed E-state index contributed by atoms with van der Waals surface area (Å²) < 4.78 is 5.25. The number of hydrogen-bond donors (Lipinski definition) is 3. The molecule has 146 valence electrons. The van der Waals surface area contributed by atoms with E-state index in [1.807, 2.05) is 24.3 Å². The Hall–Kier alpha value is -2.24. The predicted octanol–water partition coefficient (Wildman–Crippen LogP) is 2.47. The molecule has 0 aliphatic heterocycles. The molecule has 0 fully saturated rings. The molecular formula is C20H34N4O2. The van der Waals surface area contributed by atoms with Crippen LogP contribution in [0.3, 0.4) is 0 Å². The Morgan fingerprint density at radius 1 is 1.19 bits per heavy atom. The Balaban J connectivity index is 2.30. The van der Waals surface area contributed by atoms with Crippen LogP contribution in [0.5, 0.6) is 5.75 Å². The normalized spacial score (nSPS) is 12.7. The topological polar surface area (TPSA) is 88.7 Å². The SMILES string of the molecule is CN=C(NCCc1ccc(OCC(N)=O)cc1)NC(C)CCCC(C)C. The number of guanidine groups is 1. The fourth-order valence-electron chi connectivity index (χ4n) is 2.56. The van der Waals surface area contributed by atoms with Crippen molar-refractivity contribution in [2.75, 3.05) is 20.2 Å². The van der Waals surface area contributed by atoms with Crippen molar-refractivity contribution in [3.05, 3.63) is 29.8 Å². The van der Waals surface area contributed by atoms with Gasteiger partial charge in [-0.15, -0.1) is 0 Å². The smallest absolute Gasteiger partial charge is 0.255 e. The van der Waals surface area contributed by atoms with Crippen LogP contribution in [0.1, 0.15) is 45.6 Å². The van der Waals surface area contributed by atoms with E-state index in [0.29, 0.717) is 11.8 Å². The third-order valence-corrected chi connectivity index (χ3v) is 4.04. The van der Waals surface area contributed by atoms with Gasteiger partial charge in [-0.25, -0.2) is 0 Å². The molecule has 1 rings (SSSR count). The summed E-state index contributed by atoms with van der Waals surface area (Å²) in [5.74, 6) is 1.76. The lowest BCUT2D eigenvalue weighted by Gasteiger charge is -2.18. The monoisotopic (exact) mass is 362 g/mol. The van der Waals surface area contributed by atoms with Gasteiger partial charge in [-0.1, -0.05) is 38.8 Å². The third kappa shape index (κ3) is 9.91. The number of nitrogens with zero attached hydrogens (tertiary/aromatic N) is 1. The minimum Gasteiger partial charge on any atom is -0.484 e. The van der Waals surface area contributed by atoms with Crippen LogP contribution < -0.4 is 21.1 Å². The molecule has 0 saturated heterocycles. The van der Waals surface area contributed by atoms with Gasteiger partial charge in [0.05, 0.1) is 0 Å². The second-order valence-electron chi connectivity index (χ2n) is 7.02. The first-order valence-electron chi connectivity index (χ1n) is 9.38. The van der Waals surface area contributed by atoms with Crippen molar-refractivity contribution in [2.45, 2.75) is 52.5 Å². The lowest BCUT2D eigenvalue weighted by Crippen LogP contribution is -2.42. The standard InChI is InChI=1S/C20H34N4O2/c1-15(2)6-5-7-16(3)24-20(22-4)23-13-12-17-8-10-18(11-9-17)26-14-19(21)25/h8-11,15-16H,5-7,12-14H2,1-4H3,(H2,21,25)(H2,22,23,24). The van der Waals surface area contributed by atoms with E-state index in [0.717, 1.165) is 31.3 Å². The Morgan fingerprint density at radius 2 is 1.88 bits per heavy atom. The maximum atomic E-state index is 10.7. The quantitative estimate of drug-likeness (QED) is 0.417. The molecule has 1 amide bonds. The zero-order valence-corrected chi connectivity index (χ0v) is 16.5. The minimum absolute atomic E-state index is 0.0990. The summed E-state index contributed by atoms with van der Waals surface area (Å²) in [4.78, 5) is 15.0. The number of nitrogens with two attached hydrogens (primary N) is 1. The molecule has 1 atom stereocenters. The molecule has 6 heteroatoms. The van der Waals surface area contributed by atoms with Gasteiger partial charge in [0.25, 0.3) is 5.91 Å². The molecular weight excluding hydrogens is 328 g/mol. The number of carbonyl (C=O) groups is 1. The average molecular weight is 363 g/mol. The Labute approximate surface area is 157 Å². The fraction of sp³-hybridized carbons (Fsp3) is 0.600. The Morgan fingerprint density at radius 3 is 2.46 bits per heavy atom. The van der Waals surface area contributed by atoms with Gasteiger partial charge < -0.3 is 21.1 Å². The van der Waals surface area contributed by atoms with Crippen molar-refractivity contribution in [2.24, 2.45) is 16.6 Å². The van der Waals surface area contributed by atoms with Gasteiger partial charge in [0, 0.05) is 19.6 Å². The number of primary amides is 1. The molecule has 0 bridgehead atoms. The second kappa shape index (κ2) is 12.2. The highest BCUT2D eigenvalue weighted by atomic mass is 16.5. The van der Waals surface area contributed by atoms with Crippen molar-refractivity contribution in [1.82, 2.24) is 10.6 Å². The molecule has 26 heavy (non-hydrogen) atoms. The summed E-state index contributed by atoms with van der Waals surface area (Å²) in [6, 6.07) is 8.08. The maximum Gasteiger partial charge on any atom is 0.255 e. The summed E-state index contributed by atoms with van der Waals surface area (Å²) >= 11 is 0. The van der Waals surface area contributed by atoms with Crippen LogP contribution in [0, 0.1) is 5.92 Å². The van der Waals surface area contributed by atoms with Crippen LogP contribution in [0.15, 0.2) is 29.3 Å². The first kappa shape index (κ1) is 21.8. The fourth-order valence-corrected chi connectivity index (χ4v) is 2.56. The lowest BCUT2D eigenvalue weighted by atomic mass is 10.0. The summed E-state index contributed by atoms with van der Waals surface area (Å²) in [5, 5.41) is 6.79. The zero-order chi connectivity index (χ0) is 19.4. The van der Waals surface area contributed by atoms with Crippen molar-refractivity contribution < 1.29 is 9.53 Å². The van der Waals surface area contributed by atoms with Gasteiger partial charge in [-0.3, -0.25) is 9.79 Å². The molecule has 6 nitrogen and oxygen atoms in total. The number of aliphatic imine (C=N–C) groups is 1. The molecule has 0 spiro atoms. The molecule has 4 N–H and O–H groups in total. The van der Waals surface area contributed by atoms with Crippen LogP contribution in [-0.2, 0) is 11.2 Å². The minimum atomic E-state index is -0.476. The number of hydrogen-bond acceptors (Lipinski definition) is 3. The molecule has 0 radical (unpaired) electrons. The first-order chi connectivity index (χ1) is 12.4. The van der Waals surface area contributed by atoms with Crippen molar-refractivity contribution in [1.29, 1.82) is 0 Å². The van der Waals surface area contributed by atoms with Crippen molar-refractivity contribution in [3.8, 4) is 5.75 Å². The number of nitrogens with one attached hydrogen (secondary N) is 2. The number of rotatable bonds is 11. The molecule has 1 aromatic rings. The van der Waals surface area contributed by atoms with E-state index in [-0.39, 0.29) is 6.61 Å². The summed E-state index contributed by atoms with van der Waals surface area (Å²) in [7, 11) is 1.79. The maximum absolute atomic E-state index is 10.7. The van der Waals surface area contributed by atoms with Gasteiger partial charge in [-0.2, -0.15) is 0 Å². The first-order valence-corrected chi connectivity index (χ1v) is 9.38. The molecule has 0 aliphatic carbocycles. The third-order valence-electron chi connectivity index (χ3n) is 4.04. The molecule has 0 aromatic heterocycles. The molecule has 0 aliphatic rings. The van der Waals surface area contributed by atoms with Gasteiger partial charge in [-0.05, 0) is 43.4 Å². The van der Waals surface area contributed by atoms with Crippen LogP contribution in [-0.4, -0.2) is 38.1 Å². The summed E-state index contributed by atoms with van der Waals surface area (Å²) in [6.45, 7) is 7.40. The Bertz CT molecular complexity index is 555. The van der Waals surface area contributed by atoms with Crippen molar-refractivity contribution >= 4 is 11.9 Å². The summed E-state index contributed by atoms with van der Waals surface area (Å²) in [6.07, 6.45) is 4.51. The number of amides is 1. The van der Waals surface area contributed by atoms with E-state index in [2.05, 4.69) is 36.4 Å². The van der Waals surface area contributed by atoms with Crippen LogP contribution in [0.25, 0.3) is 0 Å². The highest BCUT2D eigenvalue weighted by Crippen LogP contribution is 2.12. The van der Waals surface area contributed by atoms with E-state index < -0.39 is 5.91 Å². The van der Waals surface area contributed by atoms with Crippen LogP contribution in [0.2, 0.25) is 0 Å². The molecule has 1 unspecified atom stereocenters. The van der Waals surface area contributed by atoms with E-state index in [1.165, 1.54) is 18.4 Å². The molecule has 1 aromatic carbocycles. The van der Waals surface area contributed by atoms with Gasteiger partial charge in [0.1, 0.15) is 5.75 Å². The number of benzene rings is 1. The van der Waals surface area contributed by atoms with Crippen LogP contribution in [0.4, 0.5) is 0 Å². The van der Waals surface area contributed by atoms with Gasteiger partial charge in [0.2, 0.25) is 0 Å². The van der Waals surface area contributed by atoms with Crippen molar-refractivity contribution in [3.63, 3.8) is 0 Å². The second-order valence-corrected chi connectivity index (χ2v) is 7.02. The van der Waals surface area contributed by atoms with E-state index in [9.17, 15) is 4.79 Å². The van der Waals surface area contributed by atoms with Crippen LogP contribution >= 0.6 is 0 Å². The largest absolute Gasteiger partial charge is 0.484 e. The summed E-state index contributed by atoms with van der Waals surface area (Å²) in [5.41, 5.74) is 6.25. The van der Waals surface area contributed by atoms with Gasteiger partial charge >= 0.3 is 0 Å². The number of ether oxygens (including phenoxy) is 1. The highest BCUT2D eigenvalue weighted by Gasteiger charge is 2.06. The lowest BCUT2D eigenvalue weighted by molar-refractivity contribution is -0.119.